The lowest BCUT2D eigenvalue weighted by Gasteiger charge is -2.18. The quantitative estimate of drug-likeness (QED) is 0.485. The van der Waals surface area contributed by atoms with Gasteiger partial charge in [0.1, 0.15) is 18.0 Å². The highest BCUT2D eigenvalue weighted by Crippen LogP contribution is 2.35. The second kappa shape index (κ2) is 7.09. The van der Waals surface area contributed by atoms with E-state index in [0.29, 0.717) is 45.8 Å². The van der Waals surface area contributed by atoms with Gasteiger partial charge in [0.2, 0.25) is 0 Å². The number of rotatable bonds is 3. The third kappa shape index (κ3) is 3.11. The van der Waals surface area contributed by atoms with Gasteiger partial charge in [-0.1, -0.05) is 23.7 Å². The molecule has 0 aliphatic carbocycles. The summed E-state index contributed by atoms with van der Waals surface area (Å²) in [5.41, 5.74) is 1.54. The molecule has 1 aliphatic heterocycles. The van der Waals surface area contributed by atoms with Crippen LogP contribution in [-0.4, -0.2) is 23.2 Å². The number of nitrogens with zero attached hydrogens (tertiary/aromatic N) is 1. The van der Waals surface area contributed by atoms with Crippen molar-refractivity contribution in [2.45, 2.75) is 0 Å². The molecular weight excluding hydrogens is 416 g/mol. The van der Waals surface area contributed by atoms with Crippen molar-refractivity contribution in [1.82, 2.24) is 9.97 Å². The molecule has 28 heavy (non-hydrogen) atoms. The van der Waals surface area contributed by atoms with Crippen molar-refractivity contribution < 1.29 is 9.47 Å². The number of aromatic amines is 1. The van der Waals surface area contributed by atoms with Crippen LogP contribution in [0.5, 0.6) is 11.5 Å². The second-order valence-electron chi connectivity index (χ2n) is 6.12. The molecule has 0 radical (unpaired) electrons. The normalized spacial score (nSPS) is 13.8. The zero-order chi connectivity index (χ0) is 19.1. The number of hydrogen-bond donors (Lipinski definition) is 1. The Hall–Kier alpha value is -2.61. The molecule has 140 valence electrons. The zero-order valence-electron chi connectivity index (χ0n) is 14.4. The Kier molecular flexibility index (Phi) is 4.43. The molecule has 1 aromatic carbocycles. The van der Waals surface area contributed by atoms with Gasteiger partial charge in [-0.15, -0.1) is 22.7 Å². The molecular formula is C20H13ClN2O3S2. The summed E-state index contributed by atoms with van der Waals surface area (Å²) in [5, 5.41) is 4.89. The van der Waals surface area contributed by atoms with Gasteiger partial charge in [-0.2, -0.15) is 0 Å². The summed E-state index contributed by atoms with van der Waals surface area (Å²) >= 11 is 9.50. The average molecular weight is 429 g/mol. The third-order valence-electron chi connectivity index (χ3n) is 4.32. The molecule has 8 heteroatoms. The van der Waals surface area contributed by atoms with E-state index in [2.05, 4.69) is 9.97 Å². The highest BCUT2D eigenvalue weighted by Gasteiger charge is 2.15. The van der Waals surface area contributed by atoms with Crippen molar-refractivity contribution in [2.75, 3.05) is 13.2 Å². The first-order valence-corrected chi connectivity index (χ1v) is 10.7. The maximum Gasteiger partial charge on any atom is 0.260 e. The summed E-state index contributed by atoms with van der Waals surface area (Å²) < 4.78 is 11.1. The van der Waals surface area contributed by atoms with Gasteiger partial charge < -0.3 is 14.5 Å². The number of thiophene rings is 2. The highest BCUT2D eigenvalue weighted by atomic mass is 35.5. The van der Waals surface area contributed by atoms with E-state index in [4.69, 9.17) is 21.1 Å². The summed E-state index contributed by atoms with van der Waals surface area (Å²) in [6.07, 6.45) is 1.75. The number of aromatic nitrogens is 2. The average Bonchev–Trinajstić information content (AvgIpc) is 3.37. The van der Waals surface area contributed by atoms with Crippen LogP contribution in [0.25, 0.3) is 31.8 Å². The van der Waals surface area contributed by atoms with E-state index in [1.807, 2.05) is 41.1 Å². The summed E-state index contributed by atoms with van der Waals surface area (Å²) in [4.78, 5) is 21.8. The second-order valence-corrected chi connectivity index (χ2v) is 8.33. The minimum atomic E-state index is -0.196. The minimum Gasteiger partial charge on any atom is -0.486 e. The van der Waals surface area contributed by atoms with Crippen LogP contribution in [0, 0.1) is 0 Å². The van der Waals surface area contributed by atoms with Crippen LogP contribution in [0.15, 0.2) is 45.9 Å². The van der Waals surface area contributed by atoms with Crippen molar-refractivity contribution in [1.29, 1.82) is 0 Å². The van der Waals surface area contributed by atoms with Crippen LogP contribution in [0.3, 0.4) is 0 Å². The Labute approximate surface area is 172 Å². The molecule has 0 fully saturated rings. The topological polar surface area (TPSA) is 64.2 Å². The minimum absolute atomic E-state index is 0.196. The van der Waals surface area contributed by atoms with Crippen molar-refractivity contribution in [3.63, 3.8) is 0 Å². The lowest BCUT2D eigenvalue weighted by molar-refractivity contribution is 0.171. The molecule has 4 heterocycles. The summed E-state index contributed by atoms with van der Waals surface area (Å²) in [5.74, 6) is 1.74. The van der Waals surface area contributed by atoms with Gasteiger partial charge in [0.15, 0.2) is 17.3 Å². The van der Waals surface area contributed by atoms with E-state index in [9.17, 15) is 4.79 Å². The van der Waals surface area contributed by atoms with Crippen LogP contribution >= 0.6 is 34.3 Å². The fraction of sp³-hybridized carbons (Fsp3) is 0.100. The largest absolute Gasteiger partial charge is 0.486 e. The summed E-state index contributed by atoms with van der Waals surface area (Å²) in [6, 6.07) is 9.54. The maximum absolute atomic E-state index is 12.7. The van der Waals surface area contributed by atoms with Crippen LogP contribution in [-0.2, 0) is 0 Å². The first-order chi connectivity index (χ1) is 13.7. The number of benzene rings is 1. The van der Waals surface area contributed by atoms with Gasteiger partial charge in [-0.3, -0.25) is 4.79 Å². The smallest absolute Gasteiger partial charge is 0.260 e. The molecule has 0 saturated carbocycles. The molecule has 1 aliphatic rings. The zero-order valence-corrected chi connectivity index (χ0v) is 16.8. The molecule has 4 aromatic rings. The van der Waals surface area contributed by atoms with Crippen molar-refractivity contribution in [2.24, 2.45) is 0 Å². The monoisotopic (exact) mass is 428 g/mol. The summed E-state index contributed by atoms with van der Waals surface area (Å²) in [7, 11) is 0. The van der Waals surface area contributed by atoms with Crippen LogP contribution in [0.2, 0.25) is 0 Å². The number of halogens is 1. The molecule has 1 N–H and O–H groups in total. The third-order valence-corrected chi connectivity index (χ3v) is 6.38. The Morgan fingerprint density at radius 1 is 1.18 bits per heavy atom. The molecule has 0 saturated heterocycles. The van der Waals surface area contributed by atoms with Crippen molar-refractivity contribution in [3.8, 4) is 21.9 Å². The number of hydrogen-bond acceptors (Lipinski definition) is 6. The first kappa shape index (κ1) is 17.5. The van der Waals surface area contributed by atoms with E-state index in [1.54, 1.807) is 17.4 Å². The van der Waals surface area contributed by atoms with E-state index in [-0.39, 0.29) is 5.56 Å². The van der Waals surface area contributed by atoms with E-state index < -0.39 is 0 Å². The van der Waals surface area contributed by atoms with Crippen LogP contribution in [0.1, 0.15) is 11.4 Å². The number of ether oxygens (including phenoxy) is 2. The first-order valence-electron chi connectivity index (χ1n) is 8.51. The van der Waals surface area contributed by atoms with Crippen molar-refractivity contribution in [3.05, 3.63) is 62.8 Å². The fourth-order valence-corrected chi connectivity index (χ4v) is 5.02. The number of fused-ring (bicyclic) bond motifs is 2. The molecule has 0 bridgehead atoms. The molecule has 5 nitrogen and oxygen atoms in total. The Morgan fingerprint density at radius 3 is 2.86 bits per heavy atom. The Balaban J connectivity index is 1.54. The molecule has 0 amide bonds. The predicted molar refractivity (Wildman–Crippen MR) is 115 cm³/mol. The van der Waals surface area contributed by atoms with Gasteiger partial charge in [0.25, 0.3) is 5.56 Å². The van der Waals surface area contributed by atoms with Crippen LogP contribution in [0.4, 0.5) is 0 Å². The molecule has 5 rings (SSSR count). The number of H-pyrrole nitrogens is 1. The van der Waals surface area contributed by atoms with Crippen molar-refractivity contribution >= 4 is 55.6 Å². The van der Waals surface area contributed by atoms with E-state index >= 15 is 0 Å². The summed E-state index contributed by atoms with van der Waals surface area (Å²) in [6.45, 7) is 1.06. The van der Waals surface area contributed by atoms with E-state index in [1.165, 1.54) is 11.3 Å². The van der Waals surface area contributed by atoms with Gasteiger partial charge >= 0.3 is 0 Å². The molecule has 3 aromatic heterocycles. The lowest BCUT2D eigenvalue weighted by Crippen LogP contribution is -2.15. The SMILES string of the molecule is O=c1[nH]c(C(Cl)=Cc2ccc3c(c2)OCCO3)nc2scc(-c3cccs3)c12. The Morgan fingerprint density at radius 2 is 2.04 bits per heavy atom. The standard InChI is InChI=1S/C20H13ClN2O3S2/c21-13(8-11-3-4-14-15(9-11)26-6-5-25-14)18-22-19(24)17-12(10-28-20(17)23-18)16-2-1-7-27-16/h1-4,7-10H,5-6H2,(H,22,23,24). The fourth-order valence-electron chi connectivity index (χ4n) is 3.04. The van der Waals surface area contributed by atoms with E-state index in [0.717, 1.165) is 16.0 Å². The maximum atomic E-state index is 12.7. The lowest BCUT2D eigenvalue weighted by atomic mass is 10.1. The van der Waals surface area contributed by atoms with Gasteiger partial charge in [-0.05, 0) is 35.2 Å². The number of nitrogens with one attached hydrogen (secondary N) is 1. The molecule has 0 spiro atoms. The molecule has 0 unspecified atom stereocenters. The predicted octanol–water partition coefficient (Wildman–Crippen LogP) is 5.22. The van der Waals surface area contributed by atoms with Gasteiger partial charge in [-0.25, -0.2) is 4.98 Å². The van der Waals surface area contributed by atoms with Gasteiger partial charge in [0, 0.05) is 15.8 Å². The van der Waals surface area contributed by atoms with Gasteiger partial charge in [0.05, 0.1) is 10.4 Å². The highest BCUT2D eigenvalue weighted by molar-refractivity contribution is 7.18. The Bertz CT molecular complexity index is 1260. The molecule has 0 atom stereocenters. The van der Waals surface area contributed by atoms with Crippen LogP contribution < -0.4 is 15.0 Å².